The molecule has 1 unspecified atom stereocenters. The molecule has 0 fully saturated rings. The van der Waals surface area contributed by atoms with Gasteiger partial charge in [0.1, 0.15) is 12.4 Å². The molecule has 0 aromatic heterocycles. The Bertz CT molecular complexity index is 314. The fourth-order valence-corrected chi connectivity index (χ4v) is 1.20. The van der Waals surface area contributed by atoms with Gasteiger partial charge in [0.15, 0.2) is 0 Å². The third kappa shape index (κ3) is 3.76. The van der Waals surface area contributed by atoms with Crippen molar-refractivity contribution in [2.45, 2.75) is 19.8 Å². The first kappa shape index (κ1) is 11.8. The van der Waals surface area contributed by atoms with Crippen molar-refractivity contribution >= 4 is 0 Å². The van der Waals surface area contributed by atoms with Crippen molar-refractivity contribution in [1.82, 2.24) is 0 Å². The molecule has 0 saturated carbocycles. The van der Waals surface area contributed by atoms with Crippen LogP contribution in [0.25, 0.3) is 0 Å². The SMILES string of the molecule is C=C(C)COc1ccc(C(C)CO)cc1. The maximum atomic E-state index is 8.99. The van der Waals surface area contributed by atoms with E-state index in [1.807, 2.05) is 38.1 Å². The molecule has 1 N–H and O–H groups in total. The summed E-state index contributed by atoms with van der Waals surface area (Å²) in [5.41, 5.74) is 2.13. The molecule has 2 nitrogen and oxygen atoms in total. The van der Waals surface area contributed by atoms with Crippen molar-refractivity contribution in [3.63, 3.8) is 0 Å². The Balaban J connectivity index is 2.60. The number of ether oxygens (including phenoxy) is 1. The van der Waals surface area contributed by atoms with Crippen molar-refractivity contribution < 1.29 is 9.84 Å². The molecule has 0 radical (unpaired) electrons. The van der Waals surface area contributed by atoms with Crippen LogP contribution in [-0.2, 0) is 0 Å². The first-order valence-electron chi connectivity index (χ1n) is 5.11. The third-order valence-electron chi connectivity index (χ3n) is 2.21. The number of hydrogen-bond acceptors (Lipinski definition) is 2. The van der Waals surface area contributed by atoms with Gasteiger partial charge < -0.3 is 9.84 Å². The zero-order chi connectivity index (χ0) is 11.3. The largest absolute Gasteiger partial charge is 0.489 e. The second kappa shape index (κ2) is 5.56. The van der Waals surface area contributed by atoms with Crippen LogP contribution in [0.5, 0.6) is 5.75 Å². The maximum Gasteiger partial charge on any atom is 0.119 e. The number of benzene rings is 1. The van der Waals surface area contributed by atoms with Crippen molar-refractivity contribution in [2.75, 3.05) is 13.2 Å². The first-order chi connectivity index (χ1) is 7.13. The fourth-order valence-electron chi connectivity index (χ4n) is 1.20. The summed E-state index contributed by atoms with van der Waals surface area (Å²) in [6.07, 6.45) is 0. The number of hydrogen-bond donors (Lipinski definition) is 1. The van der Waals surface area contributed by atoms with Gasteiger partial charge in [-0.15, -0.1) is 0 Å². The van der Waals surface area contributed by atoms with Crippen LogP contribution >= 0.6 is 0 Å². The Morgan fingerprint density at radius 2 is 2.00 bits per heavy atom. The van der Waals surface area contributed by atoms with Gasteiger partial charge in [0.25, 0.3) is 0 Å². The molecule has 2 heteroatoms. The topological polar surface area (TPSA) is 29.5 Å². The van der Waals surface area contributed by atoms with Gasteiger partial charge in [-0.1, -0.05) is 25.6 Å². The quantitative estimate of drug-likeness (QED) is 0.751. The summed E-state index contributed by atoms with van der Waals surface area (Å²) in [6, 6.07) is 7.80. The lowest BCUT2D eigenvalue weighted by atomic mass is 10.0. The predicted octanol–water partition coefficient (Wildman–Crippen LogP) is 2.74. The molecule has 0 aliphatic carbocycles. The lowest BCUT2D eigenvalue weighted by molar-refractivity contribution is 0.273. The highest BCUT2D eigenvalue weighted by molar-refractivity contribution is 5.29. The number of aliphatic hydroxyl groups excluding tert-OH is 1. The maximum absolute atomic E-state index is 8.99. The van der Waals surface area contributed by atoms with Gasteiger partial charge in [-0.25, -0.2) is 0 Å². The molecule has 1 atom stereocenters. The lowest BCUT2D eigenvalue weighted by Gasteiger charge is -2.10. The predicted molar refractivity (Wildman–Crippen MR) is 62.3 cm³/mol. The molecule has 0 aliphatic heterocycles. The lowest BCUT2D eigenvalue weighted by Crippen LogP contribution is -2.00. The van der Waals surface area contributed by atoms with E-state index in [0.717, 1.165) is 16.9 Å². The zero-order valence-electron chi connectivity index (χ0n) is 9.36. The monoisotopic (exact) mass is 206 g/mol. The molecule has 1 rings (SSSR count). The van der Waals surface area contributed by atoms with Crippen LogP contribution in [0.2, 0.25) is 0 Å². The van der Waals surface area contributed by atoms with Crippen LogP contribution in [0.15, 0.2) is 36.4 Å². The van der Waals surface area contributed by atoms with Crippen molar-refractivity contribution in [2.24, 2.45) is 0 Å². The zero-order valence-corrected chi connectivity index (χ0v) is 9.36. The second-order valence-corrected chi connectivity index (χ2v) is 3.90. The molecule has 0 spiro atoms. The van der Waals surface area contributed by atoms with E-state index in [2.05, 4.69) is 6.58 Å². The van der Waals surface area contributed by atoms with Crippen LogP contribution in [0.3, 0.4) is 0 Å². The van der Waals surface area contributed by atoms with E-state index in [-0.39, 0.29) is 12.5 Å². The van der Waals surface area contributed by atoms with Gasteiger partial charge in [0.05, 0.1) is 0 Å². The normalized spacial score (nSPS) is 12.2. The summed E-state index contributed by atoms with van der Waals surface area (Å²) in [5.74, 6) is 1.02. The molecule has 1 aromatic rings. The van der Waals surface area contributed by atoms with Crippen LogP contribution in [0.4, 0.5) is 0 Å². The van der Waals surface area contributed by atoms with E-state index in [0.29, 0.717) is 6.61 Å². The van der Waals surface area contributed by atoms with Crippen molar-refractivity contribution in [3.8, 4) is 5.75 Å². The number of aliphatic hydroxyl groups is 1. The molecule has 1 aromatic carbocycles. The van der Waals surface area contributed by atoms with E-state index in [4.69, 9.17) is 9.84 Å². The Kier molecular flexibility index (Phi) is 4.37. The van der Waals surface area contributed by atoms with Crippen LogP contribution in [0.1, 0.15) is 25.3 Å². The van der Waals surface area contributed by atoms with E-state index in [1.165, 1.54) is 0 Å². The standard InChI is InChI=1S/C13H18O2/c1-10(2)9-15-13-6-4-12(5-7-13)11(3)8-14/h4-7,11,14H,1,8-9H2,2-3H3. The van der Waals surface area contributed by atoms with Gasteiger partial charge in [-0.2, -0.15) is 0 Å². The minimum Gasteiger partial charge on any atom is -0.489 e. The highest BCUT2D eigenvalue weighted by atomic mass is 16.5. The van der Waals surface area contributed by atoms with Gasteiger partial charge in [-0.05, 0) is 30.2 Å². The summed E-state index contributed by atoms with van der Waals surface area (Å²) in [6.45, 7) is 8.42. The summed E-state index contributed by atoms with van der Waals surface area (Å²) < 4.78 is 5.47. The van der Waals surface area contributed by atoms with Gasteiger partial charge in [-0.3, -0.25) is 0 Å². The molecule has 0 aliphatic rings. The van der Waals surface area contributed by atoms with Gasteiger partial charge >= 0.3 is 0 Å². The third-order valence-corrected chi connectivity index (χ3v) is 2.21. The molecule has 0 saturated heterocycles. The van der Waals surface area contributed by atoms with E-state index >= 15 is 0 Å². The van der Waals surface area contributed by atoms with E-state index < -0.39 is 0 Å². The van der Waals surface area contributed by atoms with Crippen molar-refractivity contribution in [1.29, 1.82) is 0 Å². The minimum atomic E-state index is 0.173. The Morgan fingerprint density at radius 1 is 1.40 bits per heavy atom. The number of rotatable bonds is 5. The summed E-state index contributed by atoms with van der Waals surface area (Å²) in [7, 11) is 0. The van der Waals surface area contributed by atoms with Gasteiger partial charge in [0, 0.05) is 12.5 Å². The average Bonchev–Trinajstić information content (AvgIpc) is 2.26. The van der Waals surface area contributed by atoms with Crippen molar-refractivity contribution in [3.05, 3.63) is 42.0 Å². The Hall–Kier alpha value is -1.28. The smallest absolute Gasteiger partial charge is 0.119 e. The second-order valence-electron chi connectivity index (χ2n) is 3.90. The fraction of sp³-hybridized carbons (Fsp3) is 0.385. The summed E-state index contributed by atoms with van der Waals surface area (Å²) in [5, 5.41) is 8.99. The highest BCUT2D eigenvalue weighted by Gasteiger charge is 2.03. The minimum absolute atomic E-state index is 0.173. The summed E-state index contributed by atoms with van der Waals surface area (Å²) in [4.78, 5) is 0. The molecule has 15 heavy (non-hydrogen) atoms. The van der Waals surface area contributed by atoms with E-state index in [9.17, 15) is 0 Å². The molecular formula is C13H18O2. The van der Waals surface area contributed by atoms with Crippen LogP contribution < -0.4 is 4.74 Å². The molecular weight excluding hydrogens is 188 g/mol. The Morgan fingerprint density at radius 3 is 2.47 bits per heavy atom. The highest BCUT2D eigenvalue weighted by Crippen LogP contribution is 2.18. The molecule has 0 amide bonds. The Labute approximate surface area is 91.2 Å². The summed E-state index contributed by atoms with van der Waals surface area (Å²) >= 11 is 0. The molecule has 0 bridgehead atoms. The van der Waals surface area contributed by atoms with Crippen LogP contribution in [-0.4, -0.2) is 18.3 Å². The molecule has 0 heterocycles. The molecule has 82 valence electrons. The van der Waals surface area contributed by atoms with Crippen LogP contribution in [0, 0.1) is 0 Å². The first-order valence-corrected chi connectivity index (χ1v) is 5.11. The average molecular weight is 206 g/mol. The van der Waals surface area contributed by atoms with Gasteiger partial charge in [0.2, 0.25) is 0 Å². The van der Waals surface area contributed by atoms with E-state index in [1.54, 1.807) is 0 Å².